The summed E-state index contributed by atoms with van der Waals surface area (Å²) in [4.78, 5) is 25.7. The maximum Gasteiger partial charge on any atom is 0.421 e. The summed E-state index contributed by atoms with van der Waals surface area (Å²) >= 11 is 0. The van der Waals surface area contributed by atoms with E-state index in [1.165, 1.54) is 0 Å². The van der Waals surface area contributed by atoms with Crippen LogP contribution in [0.15, 0.2) is 54.6 Å². The molecule has 0 fully saturated rings. The van der Waals surface area contributed by atoms with Crippen LogP contribution >= 0.6 is 0 Å². The second kappa shape index (κ2) is 6.50. The normalized spacial score (nSPS) is 17.0. The lowest BCUT2D eigenvalue weighted by atomic mass is 10.2. The van der Waals surface area contributed by atoms with Gasteiger partial charge in [0.1, 0.15) is 25.0 Å². The molecule has 1 aliphatic heterocycles. The number of rotatable bonds is 2. The lowest BCUT2D eigenvalue weighted by Crippen LogP contribution is -2.48. The van der Waals surface area contributed by atoms with Crippen LogP contribution in [0, 0.1) is 0 Å². The third kappa shape index (κ3) is 3.17. The van der Waals surface area contributed by atoms with Gasteiger partial charge in [-0.15, -0.1) is 0 Å². The maximum atomic E-state index is 12.4. The zero-order valence-corrected chi connectivity index (χ0v) is 12.3. The summed E-state index contributed by atoms with van der Waals surface area (Å²) in [5.41, 5.74) is 6.94. The van der Waals surface area contributed by atoms with Gasteiger partial charge in [-0.25, -0.2) is 9.69 Å². The third-order valence-electron chi connectivity index (χ3n) is 3.45. The standard InChI is InChI=1S/C17H16N2O4/c18-13-11-22-15-9-5-4-8-14(15)19(16(13)20)17(21)23-10-12-6-2-1-3-7-12/h1-9,13H,10-11,18H2/t13-/m0/s1. The minimum Gasteiger partial charge on any atom is -0.489 e. The average Bonchev–Trinajstić information content (AvgIpc) is 2.71. The third-order valence-corrected chi connectivity index (χ3v) is 3.45. The van der Waals surface area contributed by atoms with Gasteiger partial charge in [0, 0.05) is 0 Å². The van der Waals surface area contributed by atoms with Crippen LogP contribution in [0.2, 0.25) is 0 Å². The van der Waals surface area contributed by atoms with E-state index in [1.54, 1.807) is 24.3 Å². The Balaban J connectivity index is 1.83. The fourth-order valence-corrected chi connectivity index (χ4v) is 2.27. The molecule has 0 radical (unpaired) electrons. The number of hydrogen-bond acceptors (Lipinski definition) is 5. The SMILES string of the molecule is N[C@H]1COc2ccccc2N(C(=O)OCc2ccccc2)C1=O. The molecule has 0 saturated carbocycles. The zero-order chi connectivity index (χ0) is 16.2. The average molecular weight is 312 g/mol. The summed E-state index contributed by atoms with van der Waals surface area (Å²) in [5, 5.41) is 0. The topological polar surface area (TPSA) is 81.9 Å². The van der Waals surface area contributed by atoms with Crippen molar-refractivity contribution in [3.63, 3.8) is 0 Å². The van der Waals surface area contributed by atoms with Crippen LogP contribution < -0.4 is 15.4 Å². The van der Waals surface area contributed by atoms with Crippen molar-refractivity contribution in [3.8, 4) is 5.75 Å². The van der Waals surface area contributed by atoms with Crippen LogP contribution in [-0.4, -0.2) is 24.6 Å². The molecule has 2 aromatic carbocycles. The second-order valence-electron chi connectivity index (χ2n) is 5.10. The predicted molar refractivity (Wildman–Crippen MR) is 84.0 cm³/mol. The van der Waals surface area contributed by atoms with Gasteiger partial charge in [0.25, 0.3) is 5.91 Å². The molecule has 23 heavy (non-hydrogen) atoms. The van der Waals surface area contributed by atoms with Gasteiger partial charge >= 0.3 is 6.09 Å². The monoisotopic (exact) mass is 312 g/mol. The summed E-state index contributed by atoms with van der Waals surface area (Å²) < 4.78 is 10.7. The van der Waals surface area contributed by atoms with E-state index in [9.17, 15) is 9.59 Å². The van der Waals surface area contributed by atoms with Gasteiger partial charge in [-0.1, -0.05) is 42.5 Å². The highest BCUT2D eigenvalue weighted by molar-refractivity contribution is 6.15. The molecule has 2 N–H and O–H groups in total. The molecule has 6 nitrogen and oxygen atoms in total. The van der Waals surface area contributed by atoms with E-state index in [2.05, 4.69) is 0 Å². The van der Waals surface area contributed by atoms with Crippen molar-refractivity contribution in [2.75, 3.05) is 11.5 Å². The minimum atomic E-state index is -0.924. The first-order chi connectivity index (χ1) is 11.2. The molecule has 0 aliphatic carbocycles. The largest absolute Gasteiger partial charge is 0.489 e. The summed E-state index contributed by atoms with van der Waals surface area (Å²) in [7, 11) is 0. The summed E-state index contributed by atoms with van der Waals surface area (Å²) in [6, 6.07) is 15.1. The van der Waals surface area contributed by atoms with E-state index in [4.69, 9.17) is 15.2 Å². The van der Waals surface area contributed by atoms with Gasteiger partial charge in [0.05, 0.1) is 5.69 Å². The molecular weight excluding hydrogens is 296 g/mol. The number of fused-ring (bicyclic) bond motifs is 1. The molecule has 0 unspecified atom stereocenters. The Morgan fingerprint density at radius 1 is 1.17 bits per heavy atom. The molecular formula is C17H16N2O4. The highest BCUT2D eigenvalue weighted by Crippen LogP contribution is 2.31. The number of para-hydroxylation sites is 2. The van der Waals surface area contributed by atoms with E-state index >= 15 is 0 Å². The summed E-state index contributed by atoms with van der Waals surface area (Å²) in [6.07, 6.45) is -0.771. The summed E-state index contributed by atoms with van der Waals surface area (Å²) in [6.45, 7) is 0.0834. The number of anilines is 1. The van der Waals surface area contributed by atoms with Crippen LogP contribution in [0.1, 0.15) is 5.56 Å². The minimum absolute atomic E-state index is 0.0122. The quantitative estimate of drug-likeness (QED) is 0.918. The van der Waals surface area contributed by atoms with Crippen LogP contribution in [0.3, 0.4) is 0 Å². The second-order valence-corrected chi connectivity index (χ2v) is 5.10. The van der Waals surface area contributed by atoms with Crippen LogP contribution in [0.5, 0.6) is 5.75 Å². The van der Waals surface area contributed by atoms with Gasteiger partial charge < -0.3 is 15.2 Å². The molecule has 3 rings (SSSR count). The Kier molecular flexibility index (Phi) is 4.25. The zero-order valence-electron chi connectivity index (χ0n) is 12.3. The van der Waals surface area contributed by atoms with Crippen molar-refractivity contribution in [1.29, 1.82) is 0 Å². The molecule has 2 aromatic rings. The Morgan fingerprint density at radius 2 is 1.87 bits per heavy atom. The molecule has 1 heterocycles. The molecule has 1 atom stereocenters. The number of ether oxygens (including phenoxy) is 2. The van der Waals surface area contributed by atoms with Crippen LogP contribution in [0.25, 0.3) is 0 Å². The molecule has 0 saturated heterocycles. The van der Waals surface area contributed by atoms with Crippen molar-refractivity contribution < 1.29 is 19.1 Å². The molecule has 0 bridgehead atoms. The van der Waals surface area contributed by atoms with E-state index in [0.717, 1.165) is 10.5 Å². The van der Waals surface area contributed by atoms with Gasteiger partial charge in [0.15, 0.2) is 0 Å². The first kappa shape index (κ1) is 15.1. The number of imide groups is 1. The summed E-state index contributed by atoms with van der Waals surface area (Å²) in [5.74, 6) is -0.126. The van der Waals surface area contributed by atoms with Crippen LogP contribution in [-0.2, 0) is 16.1 Å². The van der Waals surface area contributed by atoms with Gasteiger partial charge in [-0.05, 0) is 17.7 Å². The number of hydrogen-bond donors (Lipinski definition) is 1. The molecule has 0 aromatic heterocycles. The smallest absolute Gasteiger partial charge is 0.421 e. The highest BCUT2D eigenvalue weighted by atomic mass is 16.6. The molecule has 2 amide bonds. The van der Waals surface area contributed by atoms with Crippen molar-refractivity contribution in [2.45, 2.75) is 12.6 Å². The highest BCUT2D eigenvalue weighted by Gasteiger charge is 2.34. The van der Waals surface area contributed by atoms with Gasteiger partial charge in [-0.3, -0.25) is 4.79 Å². The van der Waals surface area contributed by atoms with Crippen LogP contribution in [0.4, 0.5) is 10.5 Å². The van der Waals surface area contributed by atoms with E-state index in [-0.39, 0.29) is 13.2 Å². The van der Waals surface area contributed by atoms with Crippen molar-refractivity contribution in [1.82, 2.24) is 0 Å². The maximum absolute atomic E-state index is 12.4. The first-order valence-corrected chi connectivity index (χ1v) is 7.19. The Labute approximate surface area is 133 Å². The van der Waals surface area contributed by atoms with Crippen molar-refractivity contribution in [3.05, 3.63) is 60.2 Å². The molecule has 1 aliphatic rings. The van der Waals surface area contributed by atoms with E-state index < -0.39 is 18.0 Å². The lowest BCUT2D eigenvalue weighted by molar-refractivity contribution is -0.119. The first-order valence-electron chi connectivity index (χ1n) is 7.19. The number of carbonyl (C=O) groups is 2. The molecule has 6 heteroatoms. The molecule has 0 spiro atoms. The fourth-order valence-electron chi connectivity index (χ4n) is 2.27. The number of carbonyl (C=O) groups excluding carboxylic acids is 2. The Morgan fingerprint density at radius 3 is 2.65 bits per heavy atom. The molecule has 118 valence electrons. The fraction of sp³-hybridized carbons (Fsp3) is 0.176. The number of nitrogens with two attached hydrogens (primary N) is 1. The van der Waals surface area contributed by atoms with E-state index in [1.807, 2.05) is 30.3 Å². The number of benzene rings is 2. The van der Waals surface area contributed by atoms with Gasteiger partial charge in [0.2, 0.25) is 0 Å². The van der Waals surface area contributed by atoms with Crippen molar-refractivity contribution >= 4 is 17.7 Å². The lowest BCUT2D eigenvalue weighted by Gasteiger charge is -2.20. The predicted octanol–water partition coefficient (Wildman–Crippen LogP) is 2.08. The van der Waals surface area contributed by atoms with Gasteiger partial charge in [-0.2, -0.15) is 0 Å². The Bertz CT molecular complexity index is 718. The number of nitrogens with zero attached hydrogens (tertiary/aromatic N) is 1. The Hall–Kier alpha value is -2.86. The number of amides is 2. The van der Waals surface area contributed by atoms with Crippen molar-refractivity contribution in [2.24, 2.45) is 5.73 Å². The van der Waals surface area contributed by atoms with E-state index in [0.29, 0.717) is 11.4 Å².